The van der Waals surface area contributed by atoms with Crippen molar-refractivity contribution in [1.82, 2.24) is 14.5 Å². The van der Waals surface area contributed by atoms with Crippen LogP contribution in [0.15, 0.2) is 35.7 Å². The van der Waals surface area contributed by atoms with Crippen LogP contribution in [0.1, 0.15) is 10.4 Å². The van der Waals surface area contributed by atoms with Crippen molar-refractivity contribution in [3.63, 3.8) is 0 Å². The first-order valence-electron chi connectivity index (χ1n) is 7.22. The van der Waals surface area contributed by atoms with E-state index in [9.17, 15) is 9.59 Å². The first-order chi connectivity index (χ1) is 11.4. The molecule has 7 nitrogen and oxygen atoms in total. The van der Waals surface area contributed by atoms with Crippen LogP contribution in [-0.4, -0.2) is 53.2 Å². The Hall–Kier alpha value is -2.48. The Bertz CT molecular complexity index is 743. The molecule has 0 radical (unpaired) electrons. The summed E-state index contributed by atoms with van der Waals surface area (Å²) in [5, 5.41) is 3.55. The Labute approximate surface area is 145 Å². The molecule has 1 aromatic carbocycles. The molecule has 0 aliphatic carbocycles. The van der Waals surface area contributed by atoms with E-state index in [1.807, 2.05) is 17.8 Å². The highest BCUT2D eigenvalue weighted by Crippen LogP contribution is 2.24. The van der Waals surface area contributed by atoms with Crippen molar-refractivity contribution in [3.05, 3.63) is 36.2 Å². The van der Waals surface area contributed by atoms with E-state index in [0.717, 1.165) is 5.16 Å². The highest BCUT2D eigenvalue weighted by atomic mass is 32.2. The number of thioether (sulfide) groups is 1. The zero-order valence-electron chi connectivity index (χ0n) is 14.1. The molecule has 0 atom stereocenters. The molecule has 0 fully saturated rings. The summed E-state index contributed by atoms with van der Waals surface area (Å²) in [6.45, 7) is 0. The van der Waals surface area contributed by atoms with Gasteiger partial charge in [0.05, 0.1) is 18.4 Å². The molecule has 128 valence electrons. The molecular weight excluding hydrogens is 328 g/mol. The summed E-state index contributed by atoms with van der Waals surface area (Å²) in [4.78, 5) is 29.9. The topological polar surface area (TPSA) is 76.5 Å². The van der Waals surface area contributed by atoms with E-state index >= 15 is 0 Å². The van der Waals surface area contributed by atoms with Gasteiger partial charge in [0.2, 0.25) is 5.91 Å². The number of aryl methyl sites for hydroxylation is 1. The van der Waals surface area contributed by atoms with Gasteiger partial charge in [0.1, 0.15) is 5.75 Å². The Kier molecular flexibility index (Phi) is 5.86. The second-order valence-corrected chi connectivity index (χ2v) is 6.21. The third-order valence-corrected chi connectivity index (χ3v) is 4.29. The van der Waals surface area contributed by atoms with Crippen LogP contribution in [-0.2, 0) is 11.8 Å². The van der Waals surface area contributed by atoms with Gasteiger partial charge in [-0.1, -0.05) is 11.8 Å². The maximum Gasteiger partial charge on any atom is 0.257 e. The number of imidazole rings is 1. The van der Waals surface area contributed by atoms with Gasteiger partial charge in [0.15, 0.2) is 5.16 Å². The zero-order valence-corrected chi connectivity index (χ0v) is 14.9. The zero-order chi connectivity index (χ0) is 17.7. The molecule has 2 amide bonds. The fraction of sp³-hybridized carbons (Fsp3) is 0.312. The number of benzene rings is 1. The molecule has 2 rings (SSSR count). The molecule has 0 aliphatic rings. The van der Waals surface area contributed by atoms with Gasteiger partial charge in [0, 0.05) is 39.2 Å². The number of hydrogen-bond acceptors (Lipinski definition) is 5. The molecule has 24 heavy (non-hydrogen) atoms. The van der Waals surface area contributed by atoms with E-state index in [0.29, 0.717) is 17.0 Å². The van der Waals surface area contributed by atoms with Crippen LogP contribution >= 0.6 is 11.8 Å². The molecule has 0 saturated heterocycles. The van der Waals surface area contributed by atoms with Gasteiger partial charge in [-0.2, -0.15) is 0 Å². The van der Waals surface area contributed by atoms with Crippen molar-refractivity contribution < 1.29 is 14.3 Å². The van der Waals surface area contributed by atoms with Gasteiger partial charge in [-0.05, 0) is 18.2 Å². The molecule has 0 unspecified atom stereocenters. The third kappa shape index (κ3) is 4.29. The number of methoxy groups -OCH3 is 1. The average Bonchev–Trinajstić information content (AvgIpc) is 2.97. The lowest BCUT2D eigenvalue weighted by Gasteiger charge is -2.15. The monoisotopic (exact) mass is 348 g/mol. The minimum absolute atomic E-state index is 0.170. The number of hydrogen-bond donors (Lipinski definition) is 1. The molecule has 2 aromatic rings. The number of rotatable bonds is 6. The summed E-state index contributed by atoms with van der Waals surface area (Å²) in [6, 6.07) is 4.98. The normalized spacial score (nSPS) is 10.3. The van der Waals surface area contributed by atoms with Crippen LogP contribution in [0.4, 0.5) is 5.69 Å². The summed E-state index contributed by atoms with van der Waals surface area (Å²) < 4.78 is 7.06. The lowest BCUT2D eigenvalue weighted by atomic mass is 10.1. The average molecular weight is 348 g/mol. The highest BCUT2D eigenvalue weighted by molar-refractivity contribution is 7.99. The second-order valence-electron chi connectivity index (χ2n) is 5.27. The summed E-state index contributed by atoms with van der Waals surface area (Å²) >= 11 is 1.34. The number of aromatic nitrogens is 2. The number of carbonyl (C=O) groups is 2. The standard InChI is InChI=1S/C16H20N4O3S/c1-19(2)15(22)12-9-11(5-6-13(12)23-4)18-14(21)10-24-16-17-7-8-20(16)3/h5-9H,10H2,1-4H3,(H,18,21). The van der Waals surface area contributed by atoms with E-state index in [4.69, 9.17) is 4.74 Å². The van der Waals surface area contributed by atoms with Gasteiger partial charge < -0.3 is 19.5 Å². The van der Waals surface area contributed by atoms with Crippen LogP contribution in [0.5, 0.6) is 5.75 Å². The number of ether oxygens (including phenoxy) is 1. The summed E-state index contributed by atoms with van der Waals surface area (Å²) in [6.07, 6.45) is 3.51. The van der Waals surface area contributed by atoms with Crippen molar-refractivity contribution in [3.8, 4) is 5.75 Å². The maximum atomic E-state index is 12.2. The lowest BCUT2D eigenvalue weighted by Crippen LogP contribution is -2.22. The molecule has 1 N–H and O–H groups in total. The molecule has 0 aliphatic heterocycles. The van der Waals surface area contributed by atoms with Crippen LogP contribution in [0.2, 0.25) is 0 Å². The Morgan fingerprint density at radius 3 is 2.71 bits per heavy atom. The summed E-state index contributed by atoms with van der Waals surface area (Å²) in [5.41, 5.74) is 0.948. The smallest absolute Gasteiger partial charge is 0.257 e. The van der Waals surface area contributed by atoms with Crippen molar-refractivity contribution in [2.24, 2.45) is 7.05 Å². The largest absolute Gasteiger partial charge is 0.496 e. The lowest BCUT2D eigenvalue weighted by molar-refractivity contribution is -0.113. The quantitative estimate of drug-likeness (QED) is 0.807. The van der Waals surface area contributed by atoms with Crippen LogP contribution in [0.3, 0.4) is 0 Å². The van der Waals surface area contributed by atoms with Gasteiger partial charge in [-0.15, -0.1) is 0 Å². The molecule has 1 heterocycles. The highest BCUT2D eigenvalue weighted by Gasteiger charge is 2.16. The SMILES string of the molecule is COc1ccc(NC(=O)CSc2nccn2C)cc1C(=O)N(C)C. The number of nitrogens with zero attached hydrogens (tertiary/aromatic N) is 3. The summed E-state index contributed by atoms with van der Waals surface area (Å²) in [7, 11) is 6.70. The number of amides is 2. The predicted octanol–water partition coefficient (Wildman–Crippen LogP) is 1.86. The van der Waals surface area contributed by atoms with Crippen LogP contribution < -0.4 is 10.1 Å². The molecule has 1 aromatic heterocycles. The Morgan fingerprint density at radius 2 is 2.12 bits per heavy atom. The molecule has 8 heteroatoms. The molecule has 0 bridgehead atoms. The van der Waals surface area contributed by atoms with Gasteiger partial charge in [0.25, 0.3) is 5.91 Å². The molecule has 0 saturated carbocycles. The predicted molar refractivity (Wildman–Crippen MR) is 93.6 cm³/mol. The fourth-order valence-corrected chi connectivity index (χ4v) is 2.74. The third-order valence-electron chi connectivity index (χ3n) is 3.23. The summed E-state index contributed by atoms with van der Waals surface area (Å²) in [5.74, 6) is 0.337. The van der Waals surface area contributed by atoms with E-state index < -0.39 is 0 Å². The van der Waals surface area contributed by atoms with Crippen molar-refractivity contribution in [2.45, 2.75) is 5.16 Å². The Morgan fingerprint density at radius 1 is 1.38 bits per heavy atom. The van der Waals surface area contributed by atoms with Crippen LogP contribution in [0, 0.1) is 0 Å². The van der Waals surface area contributed by atoms with Crippen molar-refractivity contribution in [1.29, 1.82) is 0 Å². The molecular formula is C16H20N4O3S. The van der Waals surface area contributed by atoms with Gasteiger partial charge in [-0.25, -0.2) is 4.98 Å². The van der Waals surface area contributed by atoms with Crippen molar-refractivity contribution >= 4 is 29.3 Å². The van der Waals surface area contributed by atoms with E-state index in [-0.39, 0.29) is 17.6 Å². The van der Waals surface area contributed by atoms with Crippen molar-refractivity contribution in [2.75, 3.05) is 32.3 Å². The van der Waals surface area contributed by atoms with E-state index in [1.54, 1.807) is 38.5 Å². The first-order valence-corrected chi connectivity index (χ1v) is 8.20. The van der Waals surface area contributed by atoms with Gasteiger partial charge >= 0.3 is 0 Å². The molecule has 0 spiro atoms. The minimum Gasteiger partial charge on any atom is -0.496 e. The van der Waals surface area contributed by atoms with Crippen LogP contribution in [0.25, 0.3) is 0 Å². The van der Waals surface area contributed by atoms with Gasteiger partial charge in [-0.3, -0.25) is 9.59 Å². The number of anilines is 1. The fourth-order valence-electron chi connectivity index (χ4n) is 2.01. The minimum atomic E-state index is -0.190. The van der Waals surface area contributed by atoms with E-state index in [2.05, 4.69) is 10.3 Å². The number of carbonyl (C=O) groups excluding carboxylic acids is 2. The number of nitrogens with one attached hydrogen (secondary N) is 1. The van der Waals surface area contributed by atoms with E-state index in [1.165, 1.54) is 23.8 Å². The maximum absolute atomic E-state index is 12.2. The Balaban J connectivity index is 2.06. The first kappa shape index (κ1) is 17.9. The second kappa shape index (κ2) is 7.87.